The van der Waals surface area contributed by atoms with Crippen LogP contribution in [-0.4, -0.2) is 99.5 Å². The lowest BCUT2D eigenvalue weighted by molar-refractivity contribution is -0.462. The van der Waals surface area contributed by atoms with Gasteiger partial charge in [-0.25, -0.2) is 4.58 Å². The van der Waals surface area contributed by atoms with Crippen LogP contribution in [0.25, 0.3) is 0 Å². The van der Waals surface area contributed by atoms with E-state index in [0.717, 1.165) is 30.0 Å². The van der Waals surface area contributed by atoms with E-state index in [1.165, 1.54) is 88.3 Å². The van der Waals surface area contributed by atoms with Gasteiger partial charge in [-0.05, 0) is 160 Å². The van der Waals surface area contributed by atoms with Gasteiger partial charge in [0.25, 0.3) is 0 Å². The van der Waals surface area contributed by atoms with Crippen molar-refractivity contribution < 1.29 is 4.58 Å². The fourth-order valence-corrected chi connectivity index (χ4v) is 8.04. The van der Waals surface area contributed by atoms with Crippen molar-refractivity contribution in [3.05, 3.63) is 59.3 Å². The van der Waals surface area contributed by atoms with Gasteiger partial charge in [-0.1, -0.05) is 23.8 Å². The van der Waals surface area contributed by atoms with Crippen molar-refractivity contribution in [2.45, 2.75) is 95.2 Å². The maximum Gasteiger partial charge on any atom is 0.199 e. The van der Waals surface area contributed by atoms with Crippen molar-refractivity contribution in [3.63, 3.8) is 0 Å². The molecule has 0 atom stereocenters. The van der Waals surface area contributed by atoms with Gasteiger partial charge in [0.05, 0.1) is 0 Å². The first-order chi connectivity index (χ1) is 19.6. The average molecular weight is 562 g/mol. The van der Waals surface area contributed by atoms with E-state index in [2.05, 4.69) is 118 Å². The predicted octanol–water partition coefficient (Wildman–Crippen LogP) is 6.97. The second kappa shape index (κ2) is 15.1. The van der Waals surface area contributed by atoms with Crippen molar-refractivity contribution in [2.24, 2.45) is 17.8 Å². The van der Waals surface area contributed by atoms with E-state index in [-0.39, 0.29) is 0 Å². The molecule has 0 radical (unpaired) electrons. The third-order valence-corrected chi connectivity index (χ3v) is 10.9. The lowest BCUT2D eigenvalue weighted by atomic mass is 9.71. The molecule has 4 aliphatic carbocycles. The normalized spacial score (nSPS) is 31.0. The second-order valence-electron chi connectivity index (χ2n) is 14.3. The molecule has 0 aromatic rings. The summed E-state index contributed by atoms with van der Waals surface area (Å²) in [6.45, 7) is 0. The molecule has 0 saturated heterocycles. The first-order valence-electron chi connectivity index (χ1n) is 16.7. The Bertz CT molecular complexity index is 977. The smallest absolute Gasteiger partial charge is 0.199 e. The van der Waals surface area contributed by atoms with Gasteiger partial charge in [0, 0.05) is 30.3 Å². The predicted molar refractivity (Wildman–Crippen MR) is 178 cm³/mol. The molecule has 0 bridgehead atoms. The number of nitrogens with zero attached hydrogens (tertiary/aromatic N) is 4. The van der Waals surface area contributed by atoms with Crippen molar-refractivity contribution in [1.29, 1.82) is 0 Å². The zero-order valence-electron chi connectivity index (χ0n) is 27.8. The molecule has 0 aromatic carbocycles. The van der Waals surface area contributed by atoms with Crippen LogP contribution >= 0.6 is 0 Å². The van der Waals surface area contributed by atoms with E-state index in [1.54, 1.807) is 11.1 Å². The molecule has 4 aliphatic rings. The minimum absolute atomic E-state index is 0.649. The lowest BCUT2D eigenvalue weighted by Crippen LogP contribution is -2.35. The second-order valence-corrected chi connectivity index (χ2v) is 14.3. The summed E-state index contributed by atoms with van der Waals surface area (Å²) in [6, 6.07) is 2.25. The van der Waals surface area contributed by atoms with Crippen molar-refractivity contribution in [2.75, 3.05) is 56.4 Å². The summed E-state index contributed by atoms with van der Waals surface area (Å²) < 4.78 is 2.20. The number of allylic oxidation sites excluding steroid dienone is 10. The van der Waals surface area contributed by atoms with Crippen molar-refractivity contribution in [3.8, 4) is 0 Å². The van der Waals surface area contributed by atoms with Crippen LogP contribution in [-0.2, 0) is 0 Å². The summed E-state index contributed by atoms with van der Waals surface area (Å²) in [5.41, 5.74) is 6.01. The van der Waals surface area contributed by atoms with Crippen LogP contribution in [0.3, 0.4) is 0 Å². The molecule has 0 unspecified atom stereocenters. The van der Waals surface area contributed by atoms with Crippen LogP contribution in [0.5, 0.6) is 0 Å². The van der Waals surface area contributed by atoms with Gasteiger partial charge in [-0.2, -0.15) is 0 Å². The molecular formula is C37H61N4+. The van der Waals surface area contributed by atoms with E-state index in [4.69, 9.17) is 0 Å². The highest BCUT2D eigenvalue weighted by Crippen LogP contribution is 2.41. The average Bonchev–Trinajstić information content (AvgIpc) is 2.97. The van der Waals surface area contributed by atoms with Crippen LogP contribution < -0.4 is 0 Å². The third-order valence-electron chi connectivity index (χ3n) is 10.9. The van der Waals surface area contributed by atoms with E-state index in [0.29, 0.717) is 5.92 Å². The largest absolute Gasteiger partial charge is 0.306 e. The summed E-state index contributed by atoms with van der Waals surface area (Å²) in [5.74, 6) is 2.17. The molecule has 228 valence electrons. The summed E-state index contributed by atoms with van der Waals surface area (Å²) in [5, 5.41) is 0. The summed E-state index contributed by atoms with van der Waals surface area (Å²) >= 11 is 0. The quantitative estimate of drug-likeness (QED) is 0.235. The van der Waals surface area contributed by atoms with E-state index in [9.17, 15) is 0 Å². The van der Waals surface area contributed by atoms with Gasteiger partial charge in [0.15, 0.2) is 5.71 Å². The fraction of sp³-hybridized carbons (Fsp3) is 0.703. The molecule has 0 aliphatic heterocycles. The highest BCUT2D eigenvalue weighted by atomic mass is 15.1. The zero-order chi connectivity index (χ0) is 29.5. The van der Waals surface area contributed by atoms with Crippen LogP contribution in [0, 0.1) is 17.8 Å². The Morgan fingerprint density at radius 2 is 0.976 bits per heavy atom. The number of hydrogen-bond donors (Lipinski definition) is 0. The van der Waals surface area contributed by atoms with Gasteiger partial charge in [0.1, 0.15) is 14.1 Å². The highest BCUT2D eigenvalue weighted by molar-refractivity contribution is 6.02. The first kappa shape index (κ1) is 32.2. The van der Waals surface area contributed by atoms with Gasteiger partial charge in [0.2, 0.25) is 0 Å². The highest BCUT2D eigenvalue weighted by Gasteiger charge is 2.31. The minimum atomic E-state index is 0.649. The molecule has 0 amide bonds. The Morgan fingerprint density at radius 1 is 0.585 bits per heavy atom. The maximum absolute atomic E-state index is 2.60. The Kier molecular flexibility index (Phi) is 11.9. The SMILES string of the molecule is CN(C)C1CCC(C(=C/C=C/C(=C2C=CC(=[N+](C)C)C=C2)C2CCC(N(C)C)CC2)C2CCC(N(C)C)CC2)CC1. The molecule has 4 nitrogen and oxygen atoms in total. The first-order valence-corrected chi connectivity index (χ1v) is 16.7. The van der Waals surface area contributed by atoms with Crippen LogP contribution in [0.1, 0.15) is 77.0 Å². The van der Waals surface area contributed by atoms with Gasteiger partial charge in [-0.15, -0.1) is 0 Å². The molecule has 0 spiro atoms. The minimum Gasteiger partial charge on any atom is -0.306 e. The Morgan fingerprint density at radius 3 is 1.34 bits per heavy atom. The third kappa shape index (κ3) is 8.65. The number of rotatable bonds is 8. The van der Waals surface area contributed by atoms with Crippen LogP contribution in [0.15, 0.2) is 59.3 Å². The molecular weight excluding hydrogens is 500 g/mol. The summed E-state index contributed by atoms with van der Waals surface area (Å²) in [6.07, 6.45) is 32.9. The summed E-state index contributed by atoms with van der Waals surface area (Å²) in [4.78, 5) is 7.34. The molecule has 3 saturated carbocycles. The van der Waals surface area contributed by atoms with E-state index in [1.807, 2.05) is 0 Å². The molecule has 4 heteroatoms. The molecule has 4 rings (SSSR count). The molecule has 41 heavy (non-hydrogen) atoms. The lowest BCUT2D eigenvalue weighted by Gasteiger charge is -2.39. The monoisotopic (exact) mass is 561 g/mol. The zero-order valence-corrected chi connectivity index (χ0v) is 27.8. The van der Waals surface area contributed by atoms with Crippen molar-refractivity contribution >= 4 is 5.71 Å². The summed E-state index contributed by atoms with van der Waals surface area (Å²) in [7, 11) is 17.8. The maximum atomic E-state index is 2.60. The van der Waals surface area contributed by atoms with Gasteiger partial charge >= 0.3 is 0 Å². The number of hydrogen-bond acceptors (Lipinski definition) is 3. The molecule has 3 fully saturated rings. The standard InChI is InChI=1S/C37H61N4/c1-38(2)32-20-12-28(13-21-32)36(29-14-22-33(23-15-29)39(3)4)10-9-11-37(30-16-24-34(25-17-30)40(5)6)31-18-26-35(27-19-31)41(7)8/h9-13,20-21,29-31,33-35H,14-19,22-27H2,1-8H3/q+1/b10-9+,37-11?. The fourth-order valence-electron chi connectivity index (χ4n) is 8.04. The van der Waals surface area contributed by atoms with E-state index >= 15 is 0 Å². The molecule has 0 N–H and O–H groups in total. The Balaban J connectivity index is 1.59. The Labute approximate surface area is 253 Å². The van der Waals surface area contributed by atoms with Gasteiger partial charge < -0.3 is 14.7 Å². The van der Waals surface area contributed by atoms with Crippen LogP contribution in [0.2, 0.25) is 0 Å². The molecule has 0 aromatic heterocycles. The topological polar surface area (TPSA) is 12.7 Å². The Hall–Kier alpha value is -1.75. The van der Waals surface area contributed by atoms with Gasteiger partial charge in [-0.3, -0.25) is 0 Å². The molecule has 0 heterocycles. The van der Waals surface area contributed by atoms with Crippen LogP contribution in [0.4, 0.5) is 0 Å². The van der Waals surface area contributed by atoms with Crippen molar-refractivity contribution in [1.82, 2.24) is 14.7 Å². The van der Waals surface area contributed by atoms with E-state index < -0.39 is 0 Å².